The molecule has 0 atom stereocenters. The molecule has 0 unspecified atom stereocenters. The van der Waals surface area contributed by atoms with Gasteiger partial charge in [-0.15, -0.1) is 11.3 Å². The molecule has 1 aromatic carbocycles. The predicted molar refractivity (Wildman–Crippen MR) is 106 cm³/mol. The maximum Gasteiger partial charge on any atom is 0.341 e. The fraction of sp³-hybridized carbons (Fsp3) is 0.350. The molecule has 1 N–H and O–H groups in total. The fourth-order valence-electron chi connectivity index (χ4n) is 3.39. The van der Waals surface area contributed by atoms with E-state index in [1.54, 1.807) is 30.0 Å². The van der Waals surface area contributed by atoms with Crippen molar-refractivity contribution in [1.82, 2.24) is 4.90 Å². The number of amides is 2. The predicted octanol–water partition coefficient (Wildman–Crippen LogP) is 2.81. The quantitative estimate of drug-likeness (QED) is 0.771. The Labute approximate surface area is 171 Å². The Morgan fingerprint density at radius 3 is 2.79 bits per heavy atom. The molecule has 8 nitrogen and oxygen atoms in total. The summed E-state index contributed by atoms with van der Waals surface area (Å²) in [5.41, 5.74) is 1.61. The molecule has 0 radical (unpaired) electrons. The molecule has 2 aromatic rings. The molecule has 2 amide bonds. The van der Waals surface area contributed by atoms with Crippen molar-refractivity contribution in [3.63, 3.8) is 0 Å². The van der Waals surface area contributed by atoms with E-state index in [1.807, 2.05) is 0 Å². The maximum absolute atomic E-state index is 12.8. The monoisotopic (exact) mass is 416 g/mol. The standard InChI is InChI=1S/C20H20N2O6S/c1-3-26-20(25)17-13-6-7-22(11(2)23)9-16(13)29-19(17)21-18(24)12-4-5-14-15(8-12)28-10-27-14/h4-5,8H,3,6-7,9-10H2,1-2H3,(H,21,24). The molecule has 0 fully saturated rings. The van der Waals surface area contributed by atoms with Crippen LogP contribution < -0.4 is 14.8 Å². The first-order valence-corrected chi connectivity index (χ1v) is 10.1. The summed E-state index contributed by atoms with van der Waals surface area (Å²) in [5.74, 6) is 0.237. The van der Waals surface area contributed by atoms with Crippen molar-refractivity contribution in [1.29, 1.82) is 0 Å². The van der Waals surface area contributed by atoms with E-state index in [4.69, 9.17) is 14.2 Å². The number of esters is 1. The van der Waals surface area contributed by atoms with Crippen LogP contribution in [-0.4, -0.2) is 42.6 Å². The number of hydrogen-bond donors (Lipinski definition) is 1. The van der Waals surface area contributed by atoms with Crippen molar-refractivity contribution in [2.24, 2.45) is 0 Å². The van der Waals surface area contributed by atoms with Gasteiger partial charge < -0.3 is 24.4 Å². The van der Waals surface area contributed by atoms with Crippen molar-refractivity contribution >= 4 is 34.1 Å². The average Bonchev–Trinajstić information content (AvgIpc) is 3.30. The second kappa shape index (κ2) is 7.75. The van der Waals surface area contributed by atoms with Crippen LogP contribution in [0.4, 0.5) is 5.00 Å². The Morgan fingerprint density at radius 2 is 2.03 bits per heavy atom. The molecule has 1 aromatic heterocycles. The molecular weight excluding hydrogens is 396 g/mol. The Hall–Kier alpha value is -3.07. The first-order chi connectivity index (χ1) is 14.0. The zero-order valence-electron chi connectivity index (χ0n) is 16.1. The van der Waals surface area contributed by atoms with Crippen molar-refractivity contribution in [3.05, 3.63) is 39.8 Å². The van der Waals surface area contributed by atoms with E-state index in [2.05, 4.69) is 5.32 Å². The second-order valence-corrected chi connectivity index (χ2v) is 7.75. The van der Waals surface area contributed by atoms with Gasteiger partial charge in [0, 0.05) is 23.9 Å². The molecule has 0 saturated carbocycles. The molecule has 3 heterocycles. The van der Waals surface area contributed by atoms with Crippen LogP contribution in [0.1, 0.15) is 45.0 Å². The SMILES string of the molecule is CCOC(=O)c1c(NC(=O)c2ccc3c(c2)OCO3)sc2c1CCN(C(C)=O)C2. The molecule has 2 aliphatic heterocycles. The van der Waals surface area contributed by atoms with Gasteiger partial charge in [-0.3, -0.25) is 9.59 Å². The number of nitrogens with one attached hydrogen (secondary N) is 1. The highest BCUT2D eigenvalue weighted by Crippen LogP contribution is 2.38. The van der Waals surface area contributed by atoms with Gasteiger partial charge in [0.25, 0.3) is 5.91 Å². The zero-order valence-corrected chi connectivity index (χ0v) is 16.9. The molecule has 29 heavy (non-hydrogen) atoms. The minimum absolute atomic E-state index is 0.0207. The number of carbonyl (C=O) groups excluding carboxylic acids is 3. The average molecular weight is 416 g/mol. The van der Waals surface area contributed by atoms with Crippen molar-refractivity contribution < 1.29 is 28.6 Å². The topological polar surface area (TPSA) is 94.2 Å². The van der Waals surface area contributed by atoms with E-state index in [1.165, 1.54) is 18.3 Å². The number of anilines is 1. The summed E-state index contributed by atoms with van der Waals surface area (Å²) in [4.78, 5) is 39.8. The van der Waals surface area contributed by atoms with E-state index < -0.39 is 5.97 Å². The van der Waals surface area contributed by atoms with Crippen LogP contribution >= 0.6 is 11.3 Å². The first kappa shape index (κ1) is 19.3. The summed E-state index contributed by atoms with van der Waals surface area (Å²) in [6.45, 7) is 4.56. The third-order valence-corrected chi connectivity index (χ3v) is 5.98. The van der Waals surface area contributed by atoms with Crippen molar-refractivity contribution in [2.45, 2.75) is 26.8 Å². The zero-order chi connectivity index (χ0) is 20.5. The van der Waals surface area contributed by atoms with Gasteiger partial charge >= 0.3 is 5.97 Å². The van der Waals surface area contributed by atoms with Gasteiger partial charge in [-0.05, 0) is 37.1 Å². The van der Waals surface area contributed by atoms with E-state index in [0.29, 0.717) is 47.1 Å². The summed E-state index contributed by atoms with van der Waals surface area (Å²) < 4.78 is 15.8. The third kappa shape index (κ3) is 3.65. The van der Waals surface area contributed by atoms with Crippen molar-refractivity contribution in [3.8, 4) is 11.5 Å². The Morgan fingerprint density at radius 1 is 1.24 bits per heavy atom. The summed E-state index contributed by atoms with van der Waals surface area (Å²) in [5, 5.41) is 3.27. The number of hydrogen-bond acceptors (Lipinski definition) is 7. The van der Waals surface area contributed by atoms with Gasteiger partial charge in [0.05, 0.1) is 18.7 Å². The number of ether oxygens (including phenoxy) is 3. The van der Waals surface area contributed by atoms with Crippen LogP contribution in [-0.2, 0) is 22.5 Å². The maximum atomic E-state index is 12.8. The van der Waals surface area contributed by atoms with Gasteiger partial charge in [-0.2, -0.15) is 0 Å². The van der Waals surface area contributed by atoms with Gasteiger partial charge in [-0.25, -0.2) is 4.79 Å². The second-order valence-electron chi connectivity index (χ2n) is 6.64. The summed E-state index contributed by atoms with van der Waals surface area (Å²) in [7, 11) is 0. The van der Waals surface area contributed by atoms with Gasteiger partial charge in [0.2, 0.25) is 12.7 Å². The van der Waals surface area contributed by atoms with Crippen LogP contribution in [0.15, 0.2) is 18.2 Å². The molecule has 152 valence electrons. The molecular formula is C20H20N2O6S. The number of fused-ring (bicyclic) bond motifs is 2. The normalized spacial score (nSPS) is 14.3. The Bertz CT molecular complexity index is 999. The smallest absolute Gasteiger partial charge is 0.341 e. The van der Waals surface area contributed by atoms with Gasteiger partial charge in [0.15, 0.2) is 11.5 Å². The molecule has 0 aliphatic carbocycles. The largest absolute Gasteiger partial charge is 0.462 e. The van der Waals surface area contributed by atoms with E-state index in [-0.39, 0.29) is 25.2 Å². The molecule has 2 aliphatic rings. The van der Waals surface area contributed by atoms with E-state index >= 15 is 0 Å². The Kier molecular flexibility index (Phi) is 5.14. The highest BCUT2D eigenvalue weighted by Gasteiger charge is 2.30. The fourth-order valence-corrected chi connectivity index (χ4v) is 4.64. The van der Waals surface area contributed by atoms with Crippen LogP contribution in [0.5, 0.6) is 11.5 Å². The summed E-state index contributed by atoms with van der Waals surface area (Å²) in [6, 6.07) is 4.91. The van der Waals surface area contributed by atoms with E-state index in [0.717, 1.165) is 10.4 Å². The van der Waals surface area contributed by atoms with Gasteiger partial charge in [-0.1, -0.05) is 0 Å². The van der Waals surface area contributed by atoms with Crippen LogP contribution in [0.3, 0.4) is 0 Å². The van der Waals surface area contributed by atoms with E-state index in [9.17, 15) is 14.4 Å². The van der Waals surface area contributed by atoms with Gasteiger partial charge in [0.1, 0.15) is 5.00 Å². The summed E-state index contributed by atoms with van der Waals surface area (Å²) in [6.07, 6.45) is 0.541. The molecule has 0 saturated heterocycles. The molecule has 4 rings (SSSR count). The first-order valence-electron chi connectivity index (χ1n) is 9.26. The van der Waals surface area contributed by atoms with Crippen LogP contribution in [0.2, 0.25) is 0 Å². The Balaban J connectivity index is 1.64. The molecule has 9 heteroatoms. The van der Waals surface area contributed by atoms with Crippen LogP contribution in [0.25, 0.3) is 0 Å². The minimum atomic E-state index is -0.470. The number of benzene rings is 1. The van der Waals surface area contributed by atoms with Crippen LogP contribution in [0, 0.1) is 0 Å². The lowest BCUT2D eigenvalue weighted by Crippen LogP contribution is -2.34. The lowest BCUT2D eigenvalue weighted by atomic mass is 10.0. The van der Waals surface area contributed by atoms with Crippen molar-refractivity contribution in [2.75, 3.05) is 25.3 Å². The minimum Gasteiger partial charge on any atom is -0.462 e. The highest BCUT2D eigenvalue weighted by molar-refractivity contribution is 7.17. The number of carbonyl (C=O) groups is 3. The number of rotatable bonds is 4. The third-order valence-electron chi connectivity index (χ3n) is 4.84. The lowest BCUT2D eigenvalue weighted by Gasteiger charge is -2.25. The number of thiophene rings is 1. The molecule has 0 bridgehead atoms. The highest BCUT2D eigenvalue weighted by atomic mass is 32.1. The number of nitrogens with zero attached hydrogens (tertiary/aromatic N) is 1. The summed E-state index contributed by atoms with van der Waals surface area (Å²) >= 11 is 1.30. The lowest BCUT2D eigenvalue weighted by molar-refractivity contribution is -0.129. The molecule has 0 spiro atoms.